The smallest absolute Gasteiger partial charge is 0.416 e. The van der Waals surface area contributed by atoms with Crippen LogP contribution in [0.2, 0.25) is 0 Å². The van der Waals surface area contributed by atoms with Crippen LogP contribution in [0, 0.1) is 5.82 Å². The first kappa shape index (κ1) is 13.5. The van der Waals surface area contributed by atoms with Crippen LogP contribution in [0.3, 0.4) is 0 Å². The second kappa shape index (κ2) is 5.16. The van der Waals surface area contributed by atoms with Crippen LogP contribution in [-0.2, 0) is 17.4 Å². The highest BCUT2D eigenvalue weighted by Crippen LogP contribution is 2.32. The first-order chi connectivity index (χ1) is 7.80. The molecule has 0 fully saturated rings. The number of halogens is 4. The van der Waals surface area contributed by atoms with Crippen molar-refractivity contribution in [3.63, 3.8) is 0 Å². The van der Waals surface area contributed by atoms with Crippen LogP contribution in [0.15, 0.2) is 18.2 Å². The molecule has 0 aliphatic rings. The van der Waals surface area contributed by atoms with E-state index >= 15 is 0 Å². The number of benzene rings is 1. The molecule has 6 heteroatoms. The van der Waals surface area contributed by atoms with E-state index < -0.39 is 23.5 Å². The number of rotatable bonds is 4. The lowest BCUT2D eigenvalue weighted by Crippen LogP contribution is -2.10. The van der Waals surface area contributed by atoms with Crippen LogP contribution < -0.4 is 0 Å². The number of aliphatic carboxylic acids is 1. The molecule has 0 saturated heterocycles. The maximum absolute atomic E-state index is 12.8. The Balaban J connectivity index is 2.88. The van der Waals surface area contributed by atoms with Gasteiger partial charge >= 0.3 is 12.1 Å². The topological polar surface area (TPSA) is 37.3 Å². The molecule has 1 N–H and O–H groups in total. The normalized spacial score (nSPS) is 11.5. The highest BCUT2D eigenvalue weighted by atomic mass is 19.4. The summed E-state index contributed by atoms with van der Waals surface area (Å²) in [5.74, 6) is -1.85. The molecule has 0 atom stereocenters. The molecular formula is C11H10F4O2. The maximum atomic E-state index is 12.8. The summed E-state index contributed by atoms with van der Waals surface area (Å²) in [6.07, 6.45) is -4.86. The molecule has 0 radical (unpaired) electrons. The number of carbonyl (C=O) groups is 1. The maximum Gasteiger partial charge on any atom is 0.416 e. The number of carboxylic acid groups (broad SMARTS) is 1. The zero-order chi connectivity index (χ0) is 13.1. The highest BCUT2D eigenvalue weighted by Gasteiger charge is 2.33. The van der Waals surface area contributed by atoms with Gasteiger partial charge in [-0.3, -0.25) is 4.79 Å². The Bertz CT molecular complexity index is 412. The van der Waals surface area contributed by atoms with E-state index in [1.54, 1.807) is 0 Å². The van der Waals surface area contributed by atoms with Crippen molar-refractivity contribution in [3.8, 4) is 0 Å². The van der Waals surface area contributed by atoms with Gasteiger partial charge in [-0.1, -0.05) is 0 Å². The SMILES string of the molecule is O=C(O)CCCc1cc(F)ccc1C(F)(F)F. The molecule has 94 valence electrons. The summed E-state index contributed by atoms with van der Waals surface area (Å²) >= 11 is 0. The lowest BCUT2D eigenvalue weighted by atomic mass is 10.0. The van der Waals surface area contributed by atoms with Gasteiger partial charge in [0.1, 0.15) is 5.82 Å². The molecule has 0 aliphatic carbocycles. The third-order valence-electron chi connectivity index (χ3n) is 2.21. The lowest BCUT2D eigenvalue weighted by Gasteiger charge is -2.12. The fourth-order valence-corrected chi connectivity index (χ4v) is 1.48. The predicted molar refractivity (Wildman–Crippen MR) is 52.0 cm³/mol. The van der Waals surface area contributed by atoms with E-state index in [4.69, 9.17) is 5.11 Å². The van der Waals surface area contributed by atoms with E-state index in [0.29, 0.717) is 6.07 Å². The predicted octanol–water partition coefficient (Wildman–Crippen LogP) is 3.25. The van der Waals surface area contributed by atoms with Crippen molar-refractivity contribution in [2.75, 3.05) is 0 Å². The molecule has 0 aliphatic heterocycles. The number of aryl methyl sites for hydroxylation is 1. The van der Waals surface area contributed by atoms with Crippen LogP contribution in [0.4, 0.5) is 17.6 Å². The van der Waals surface area contributed by atoms with Gasteiger partial charge in [0.05, 0.1) is 5.56 Å². The summed E-state index contributed by atoms with van der Waals surface area (Å²) < 4.78 is 50.4. The van der Waals surface area contributed by atoms with Crippen LogP contribution in [0.5, 0.6) is 0 Å². The molecule has 0 saturated carbocycles. The molecule has 1 aromatic carbocycles. The summed E-state index contributed by atoms with van der Waals surface area (Å²) in [5, 5.41) is 8.38. The van der Waals surface area contributed by atoms with Crippen molar-refractivity contribution in [2.45, 2.75) is 25.4 Å². The van der Waals surface area contributed by atoms with Gasteiger partial charge in [0.25, 0.3) is 0 Å². The third kappa shape index (κ3) is 4.05. The van der Waals surface area contributed by atoms with E-state index in [1.165, 1.54) is 0 Å². The van der Waals surface area contributed by atoms with Crippen LogP contribution in [0.25, 0.3) is 0 Å². The molecular weight excluding hydrogens is 240 g/mol. The third-order valence-corrected chi connectivity index (χ3v) is 2.21. The molecule has 0 bridgehead atoms. The zero-order valence-electron chi connectivity index (χ0n) is 8.72. The Morgan fingerprint density at radius 3 is 2.47 bits per heavy atom. The lowest BCUT2D eigenvalue weighted by molar-refractivity contribution is -0.138. The van der Waals surface area contributed by atoms with Gasteiger partial charge in [-0.05, 0) is 36.6 Å². The van der Waals surface area contributed by atoms with E-state index in [9.17, 15) is 22.4 Å². The zero-order valence-corrected chi connectivity index (χ0v) is 8.72. The first-order valence-corrected chi connectivity index (χ1v) is 4.88. The van der Waals surface area contributed by atoms with Gasteiger partial charge in [-0.15, -0.1) is 0 Å². The standard InChI is InChI=1S/C11H10F4O2/c12-8-4-5-9(11(13,14)15)7(6-8)2-1-3-10(16)17/h4-6H,1-3H2,(H,16,17). The summed E-state index contributed by atoms with van der Waals surface area (Å²) in [6.45, 7) is 0. The van der Waals surface area contributed by atoms with Gasteiger partial charge in [0, 0.05) is 6.42 Å². The van der Waals surface area contributed by atoms with E-state index in [0.717, 1.165) is 12.1 Å². The molecule has 2 nitrogen and oxygen atoms in total. The Morgan fingerprint density at radius 2 is 1.94 bits per heavy atom. The van der Waals surface area contributed by atoms with Gasteiger partial charge in [-0.2, -0.15) is 13.2 Å². The van der Waals surface area contributed by atoms with Crippen molar-refractivity contribution < 1.29 is 27.5 Å². The fourth-order valence-electron chi connectivity index (χ4n) is 1.48. The van der Waals surface area contributed by atoms with Crippen LogP contribution in [0.1, 0.15) is 24.0 Å². The Morgan fingerprint density at radius 1 is 1.29 bits per heavy atom. The summed E-state index contributed by atoms with van der Waals surface area (Å²) in [7, 11) is 0. The Kier molecular flexibility index (Phi) is 4.09. The van der Waals surface area contributed by atoms with Gasteiger partial charge < -0.3 is 5.11 Å². The molecule has 0 spiro atoms. The van der Waals surface area contributed by atoms with Gasteiger partial charge in [-0.25, -0.2) is 4.39 Å². The fraction of sp³-hybridized carbons (Fsp3) is 0.364. The Hall–Kier alpha value is -1.59. The highest BCUT2D eigenvalue weighted by molar-refractivity contribution is 5.66. The number of hydrogen-bond donors (Lipinski definition) is 1. The minimum atomic E-state index is -4.55. The van der Waals surface area contributed by atoms with E-state index in [-0.39, 0.29) is 24.8 Å². The van der Waals surface area contributed by atoms with Gasteiger partial charge in [0.2, 0.25) is 0 Å². The summed E-state index contributed by atoms with van der Waals surface area (Å²) in [6, 6.07) is 2.21. The van der Waals surface area contributed by atoms with Crippen LogP contribution >= 0.6 is 0 Å². The van der Waals surface area contributed by atoms with Crippen molar-refractivity contribution in [3.05, 3.63) is 35.1 Å². The minimum absolute atomic E-state index is 0.0435. The molecule has 17 heavy (non-hydrogen) atoms. The van der Waals surface area contributed by atoms with Crippen molar-refractivity contribution in [1.82, 2.24) is 0 Å². The molecule has 1 rings (SSSR count). The van der Waals surface area contributed by atoms with Crippen molar-refractivity contribution in [1.29, 1.82) is 0 Å². The quantitative estimate of drug-likeness (QED) is 0.833. The van der Waals surface area contributed by atoms with Crippen molar-refractivity contribution in [2.24, 2.45) is 0 Å². The average Bonchev–Trinajstić information content (AvgIpc) is 2.15. The summed E-state index contributed by atoms with van der Waals surface area (Å²) in [5.41, 5.74) is -1.12. The molecule has 0 aromatic heterocycles. The van der Waals surface area contributed by atoms with Gasteiger partial charge in [0.15, 0.2) is 0 Å². The first-order valence-electron chi connectivity index (χ1n) is 4.88. The number of carboxylic acids is 1. The molecule has 0 heterocycles. The number of hydrogen-bond acceptors (Lipinski definition) is 1. The number of alkyl halides is 3. The summed E-state index contributed by atoms with van der Waals surface area (Å²) in [4.78, 5) is 10.2. The molecule has 1 aromatic rings. The minimum Gasteiger partial charge on any atom is -0.481 e. The van der Waals surface area contributed by atoms with E-state index in [2.05, 4.69) is 0 Å². The Labute approximate surface area is 94.9 Å². The largest absolute Gasteiger partial charge is 0.481 e. The second-order valence-electron chi connectivity index (χ2n) is 3.55. The van der Waals surface area contributed by atoms with Crippen LogP contribution in [-0.4, -0.2) is 11.1 Å². The second-order valence-corrected chi connectivity index (χ2v) is 3.55. The van der Waals surface area contributed by atoms with Crippen molar-refractivity contribution >= 4 is 5.97 Å². The molecule has 0 unspecified atom stereocenters. The average molecular weight is 250 g/mol. The monoisotopic (exact) mass is 250 g/mol. The molecule has 0 amide bonds. The van der Waals surface area contributed by atoms with E-state index in [1.807, 2.05) is 0 Å².